The van der Waals surface area contributed by atoms with Gasteiger partial charge in [-0.25, -0.2) is 9.97 Å². The molecule has 0 bridgehead atoms. The zero-order chi connectivity index (χ0) is 14.9. The van der Waals surface area contributed by atoms with Crippen molar-refractivity contribution in [3.05, 3.63) is 17.4 Å². The van der Waals surface area contributed by atoms with E-state index in [2.05, 4.69) is 20.9 Å². The minimum Gasteiger partial charge on any atom is -0.396 e. The molecule has 1 aromatic heterocycles. The van der Waals surface area contributed by atoms with E-state index in [0.29, 0.717) is 23.3 Å². The highest BCUT2D eigenvalue weighted by Crippen LogP contribution is 2.60. The molecule has 21 heavy (non-hydrogen) atoms. The van der Waals surface area contributed by atoms with Gasteiger partial charge in [-0.1, -0.05) is 11.6 Å². The molecule has 1 saturated carbocycles. The summed E-state index contributed by atoms with van der Waals surface area (Å²) in [5.74, 6) is 1.78. The molecular weight excluding hydrogens is 288 g/mol. The van der Waals surface area contributed by atoms with E-state index < -0.39 is 0 Å². The van der Waals surface area contributed by atoms with Crippen molar-refractivity contribution in [1.29, 1.82) is 5.26 Å². The van der Waals surface area contributed by atoms with Crippen LogP contribution in [0.2, 0.25) is 5.02 Å². The van der Waals surface area contributed by atoms with Gasteiger partial charge in [-0.15, -0.1) is 0 Å². The van der Waals surface area contributed by atoms with Crippen molar-refractivity contribution in [2.45, 2.75) is 25.7 Å². The zero-order valence-electron chi connectivity index (χ0n) is 11.9. The fourth-order valence-electron chi connectivity index (χ4n) is 3.59. The molecule has 2 fully saturated rings. The molecule has 0 spiro atoms. The van der Waals surface area contributed by atoms with Gasteiger partial charge in [-0.05, 0) is 37.5 Å². The topological polar surface area (TPSA) is 73.0 Å². The van der Waals surface area contributed by atoms with Gasteiger partial charge in [0, 0.05) is 19.7 Å². The molecule has 1 aromatic rings. The largest absolute Gasteiger partial charge is 0.396 e. The van der Waals surface area contributed by atoms with Gasteiger partial charge in [0.2, 0.25) is 5.95 Å². The van der Waals surface area contributed by atoms with Crippen LogP contribution in [0, 0.1) is 28.6 Å². The zero-order valence-corrected chi connectivity index (χ0v) is 12.6. The summed E-state index contributed by atoms with van der Waals surface area (Å²) < 4.78 is 0. The fourth-order valence-corrected chi connectivity index (χ4v) is 3.69. The first-order valence-corrected chi connectivity index (χ1v) is 7.81. The van der Waals surface area contributed by atoms with Crippen LogP contribution in [-0.2, 0) is 0 Å². The van der Waals surface area contributed by atoms with Crippen molar-refractivity contribution in [1.82, 2.24) is 9.97 Å². The van der Waals surface area contributed by atoms with Gasteiger partial charge in [-0.3, -0.25) is 0 Å². The summed E-state index contributed by atoms with van der Waals surface area (Å²) in [5.41, 5.74) is -0.252. The van der Waals surface area contributed by atoms with Crippen LogP contribution >= 0.6 is 11.6 Å². The quantitative estimate of drug-likeness (QED) is 0.923. The molecule has 3 rings (SSSR count). The van der Waals surface area contributed by atoms with E-state index in [9.17, 15) is 5.26 Å². The molecule has 1 N–H and O–H groups in total. The molecule has 5 nitrogen and oxygen atoms in total. The summed E-state index contributed by atoms with van der Waals surface area (Å²) in [7, 11) is 0. The molecule has 1 saturated heterocycles. The van der Waals surface area contributed by atoms with E-state index in [0.717, 1.165) is 38.3 Å². The third-order valence-electron chi connectivity index (χ3n) is 4.91. The lowest BCUT2D eigenvalue weighted by Crippen LogP contribution is -2.36. The van der Waals surface area contributed by atoms with Crippen molar-refractivity contribution < 1.29 is 5.11 Å². The Morgan fingerprint density at radius 1 is 1.38 bits per heavy atom. The van der Waals surface area contributed by atoms with Crippen LogP contribution in [0.3, 0.4) is 0 Å². The third-order valence-corrected chi connectivity index (χ3v) is 5.11. The lowest BCUT2D eigenvalue weighted by molar-refractivity contribution is 0.245. The molecule has 112 valence electrons. The van der Waals surface area contributed by atoms with Gasteiger partial charge >= 0.3 is 0 Å². The summed E-state index contributed by atoms with van der Waals surface area (Å²) in [5, 5.41) is 19.0. The molecular formula is C15H19ClN4O. The lowest BCUT2D eigenvalue weighted by atomic mass is 9.86. The highest BCUT2D eigenvalue weighted by Gasteiger charge is 2.57. The molecule has 0 radical (unpaired) electrons. The highest BCUT2D eigenvalue weighted by atomic mass is 35.5. The lowest BCUT2D eigenvalue weighted by Gasteiger charge is -2.32. The van der Waals surface area contributed by atoms with E-state index in [1.807, 2.05) is 0 Å². The second-order valence-electron chi connectivity index (χ2n) is 6.08. The maximum atomic E-state index is 9.34. The third kappa shape index (κ3) is 2.83. The normalized spacial score (nSPS) is 29.2. The summed E-state index contributed by atoms with van der Waals surface area (Å²) in [4.78, 5) is 10.7. The Bertz CT molecular complexity index is 536. The standard InChI is InChI=1S/C15H19ClN4O/c16-12-8-18-14(19-9-12)20-4-1-11(2-5-20)13-7-15(13,10-17)3-6-21/h8-9,11,13,21H,1-7H2. The Labute approximate surface area is 129 Å². The van der Waals surface area contributed by atoms with Crippen LogP contribution in [0.5, 0.6) is 0 Å². The molecule has 0 amide bonds. The van der Waals surface area contributed by atoms with Gasteiger partial charge in [0.25, 0.3) is 0 Å². The second-order valence-corrected chi connectivity index (χ2v) is 6.51. The van der Waals surface area contributed by atoms with Crippen molar-refractivity contribution in [3.8, 4) is 6.07 Å². The second kappa shape index (κ2) is 5.78. The summed E-state index contributed by atoms with van der Waals surface area (Å²) >= 11 is 5.81. The Morgan fingerprint density at radius 3 is 2.62 bits per heavy atom. The Balaban J connectivity index is 1.57. The molecule has 1 aliphatic heterocycles. The van der Waals surface area contributed by atoms with Gasteiger partial charge in [0.05, 0.1) is 28.9 Å². The number of hydrogen-bond donors (Lipinski definition) is 1. The average molecular weight is 307 g/mol. The van der Waals surface area contributed by atoms with Crippen LogP contribution < -0.4 is 4.90 Å². The average Bonchev–Trinajstić information content (AvgIpc) is 3.24. The molecule has 0 aromatic carbocycles. The van der Waals surface area contributed by atoms with Crippen LogP contribution in [0.4, 0.5) is 5.95 Å². The number of anilines is 1. The maximum absolute atomic E-state index is 9.34. The van der Waals surface area contributed by atoms with Crippen molar-refractivity contribution in [2.24, 2.45) is 17.3 Å². The Kier molecular flexibility index (Phi) is 4.01. The molecule has 2 heterocycles. The first kappa shape index (κ1) is 14.6. The Hall–Kier alpha value is -1.38. The van der Waals surface area contributed by atoms with Gasteiger partial charge in [0.1, 0.15) is 0 Å². The predicted octanol–water partition coefficient (Wildman–Crippen LogP) is 2.26. The molecule has 2 unspecified atom stereocenters. The van der Waals surface area contributed by atoms with Crippen molar-refractivity contribution >= 4 is 17.5 Å². The monoisotopic (exact) mass is 306 g/mol. The molecule has 1 aliphatic carbocycles. The maximum Gasteiger partial charge on any atom is 0.225 e. The number of nitriles is 1. The number of hydrogen-bond acceptors (Lipinski definition) is 5. The first-order valence-electron chi connectivity index (χ1n) is 7.43. The number of piperidine rings is 1. The number of aromatic nitrogens is 2. The highest BCUT2D eigenvalue weighted by molar-refractivity contribution is 6.30. The number of aliphatic hydroxyl groups is 1. The van der Waals surface area contributed by atoms with Crippen molar-refractivity contribution in [3.63, 3.8) is 0 Å². The van der Waals surface area contributed by atoms with E-state index in [4.69, 9.17) is 16.7 Å². The fraction of sp³-hybridized carbons (Fsp3) is 0.667. The Morgan fingerprint density at radius 2 is 2.05 bits per heavy atom. The molecule has 6 heteroatoms. The van der Waals surface area contributed by atoms with E-state index in [1.54, 1.807) is 12.4 Å². The van der Waals surface area contributed by atoms with Gasteiger partial charge in [-0.2, -0.15) is 5.26 Å². The van der Waals surface area contributed by atoms with Crippen LogP contribution in [0.15, 0.2) is 12.4 Å². The number of aliphatic hydroxyl groups excluding tert-OH is 1. The number of nitrogens with zero attached hydrogens (tertiary/aromatic N) is 4. The van der Waals surface area contributed by atoms with Gasteiger partial charge in [0.15, 0.2) is 0 Å². The molecule has 2 atom stereocenters. The minimum atomic E-state index is -0.252. The summed E-state index contributed by atoms with van der Waals surface area (Å²) in [6.45, 7) is 1.95. The predicted molar refractivity (Wildman–Crippen MR) is 79.8 cm³/mol. The van der Waals surface area contributed by atoms with E-state index >= 15 is 0 Å². The minimum absolute atomic E-state index is 0.113. The van der Waals surface area contributed by atoms with E-state index in [1.165, 1.54) is 0 Å². The SMILES string of the molecule is N#CC1(CCO)CC1C1CCN(c2ncc(Cl)cn2)CC1. The van der Waals surface area contributed by atoms with E-state index in [-0.39, 0.29) is 12.0 Å². The number of rotatable bonds is 4. The van der Waals surface area contributed by atoms with Gasteiger partial charge < -0.3 is 10.0 Å². The summed E-state index contributed by atoms with van der Waals surface area (Å²) in [6.07, 6.45) is 6.94. The van der Waals surface area contributed by atoms with Crippen LogP contribution in [0.1, 0.15) is 25.7 Å². The van der Waals surface area contributed by atoms with Crippen LogP contribution in [0.25, 0.3) is 0 Å². The molecule has 2 aliphatic rings. The van der Waals surface area contributed by atoms with Crippen LogP contribution in [-0.4, -0.2) is 34.8 Å². The summed E-state index contributed by atoms with van der Waals surface area (Å²) in [6, 6.07) is 2.44. The number of halogens is 1. The smallest absolute Gasteiger partial charge is 0.225 e. The van der Waals surface area contributed by atoms with Crippen molar-refractivity contribution in [2.75, 3.05) is 24.6 Å². The first-order chi connectivity index (χ1) is 10.2.